The van der Waals surface area contributed by atoms with Crippen LogP contribution in [0.5, 0.6) is 0 Å². The molecule has 0 bridgehead atoms. The molecule has 0 aromatic carbocycles. The summed E-state index contributed by atoms with van der Waals surface area (Å²) in [5, 5.41) is 3.19. The fourth-order valence-electron chi connectivity index (χ4n) is 1.61. The maximum absolute atomic E-state index is 6.18. The van der Waals surface area contributed by atoms with Crippen molar-refractivity contribution in [3.05, 3.63) is 0 Å². The van der Waals surface area contributed by atoms with Gasteiger partial charge in [-0.25, -0.2) is 0 Å². The van der Waals surface area contributed by atoms with Crippen molar-refractivity contribution in [3.63, 3.8) is 0 Å². The van der Waals surface area contributed by atoms with Crippen LogP contribution in [0.15, 0.2) is 0 Å². The topological polar surface area (TPSA) is 12.0 Å². The number of hydrogen-bond donors (Lipinski definition) is 1. The first-order valence-corrected chi connectivity index (χ1v) is 5.02. The lowest BCUT2D eigenvalue weighted by molar-refractivity contribution is 0.334. The average molecular weight is 167 g/mol. The first kappa shape index (κ1) is 12.0. The Morgan fingerprint density at radius 2 is 2.00 bits per heavy atom. The molecule has 0 heterocycles. The van der Waals surface area contributed by atoms with Gasteiger partial charge in [0.05, 0.1) is 7.85 Å². The van der Waals surface area contributed by atoms with Crippen LogP contribution in [0.25, 0.3) is 0 Å². The van der Waals surface area contributed by atoms with E-state index in [4.69, 9.17) is 7.85 Å². The molecular weight excluding hydrogens is 145 g/mol. The van der Waals surface area contributed by atoms with E-state index in [0.717, 1.165) is 13.0 Å². The molecular formula is C10H22BN. The molecule has 2 radical (unpaired) electrons. The highest BCUT2D eigenvalue weighted by molar-refractivity contribution is 6.15. The lowest BCUT2D eigenvalue weighted by Gasteiger charge is -2.33. The SMILES string of the molecule is [B]C(C)(CC)C(CC)CCNC. The van der Waals surface area contributed by atoms with Gasteiger partial charge < -0.3 is 5.32 Å². The quantitative estimate of drug-likeness (QED) is 0.599. The largest absolute Gasteiger partial charge is 0.320 e. The van der Waals surface area contributed by atoms with E-state index in [-0.39, 0.29) is 5.31 Å². The third-order valence-corrected chi connectivity index (χ3v) is 2.93. The summed E-state index contributed by atoms with van der Waals surface area (Å²) in [6, 6.07) is 0. The third-order valence-electron chi connectivity index (χ3n) is 2.93. The standard InChI is InChI=1S/C10H22BN/c1-5-9(7-8-12-4)10(3,11)6-2/h9,12H,5-8H2,1-4H3. The van der Waals surface area contributed by atoms with Crippen molar-refractivity contribution in [1.29, 1.82) is 0 Å². The molecule has 0 aromatic rings. The first-order valence-electron chi connectivity index (χ1n) is 5.02. The lowest BCUT2D eigenvalue weighted by atomic mass is 9.59. The summed E-state index contributed by atoms with van der Waals surface area (Å²) in [5.41, 5.74) is 0. The summed E-state index contributed by atoms with van der Waals surface area (Å²) in [5.74, 6) is 0.648. The minimum Gasteiger partial charge on any atom is -0.320 e. The molecule has 0 rings (SSSR count). The van der Waals surface area contributed by atoms with Crippen molar-refractivity contribution in [2.45, 2.75) is 45.3 Å². The van der Waals surface area contributed by atoms with E-state index in [0.29, 0.717) is 5.92 Å². The second kappa shape index (κ2) is 5.63. The maximum Gasteiger partial charge on any atom is 0.0746 e. The highest BCUT2D eigenvalue weighted by atomic mass is 14.8. The van der Waals surface area contributed by atoms with Crippen molar-refractivity contribution in [3.8, 4) is 0 Å². The molecule has 2 heteroatoms. The summed E-state index contributed by atoms with van der Waals surface area (Å²) >= 11 is 0. The van der Waals surface area contributed by atoms with E-state index in [1.54, 1.807) is 0 Å². The van der Waals surface area contributed by atoms with Crippen molar-refractivity contribution in [2.75, 3.05) is 13.6 Å². The van der Waals surface area contributed by atoms with E-state index in [1.807, 2.05) is 7.05 Å². The Balaban J connectivity index is 3.95. The Morgan fingerprint density at radius 1 is 1.42 bits per heavy atom. The van der Waals surface area contributed by atoms with Crippen LogP contribution in [-0.2, 0) is 0 Å². The van der Waals surface area contributed by atoms with Crippen LogP contribution in [-0.4, -0.2) is 21.4 Å². The van der Waals surface area contributed by atoms with Crippen molar-refractivity contribution >= 4 is 7.85 Å². The fraction of sp³-hybridized carbons (Fsp3) is 1.00. The summed E-state index contributed by atoms with van der Waals surface area (Å²) < 4.78 is 0. The summed E-state index contributed by atoms with van der Waals surface area (Å²) in [7, 11) is 8.18. The van der Waals surface area contributed by atoms with Crippen molar-refractivity contribution in [1.82, 2.24) is 5.32 Å². The van der Waals surface area contributed by atoms with E-state index in [1.165, 1.54) is 12.8 Å². The number of rotatable bonds is 6. The van der Waals surface area contributed by atoms with Gasteiger partial charge in [-0.2, -0.15) is 0 Å². The number of nitrogens with one attached hydrogen (secondary N) is 1. The molecule has 0 spiro atoms. The number of hydrogen-bond acceptors (Lipinski definition) is 1. The Labute approximate surface area is 78.7 Å². The van der Waals surface area contributed by atoms with Gasteiger partial charge in [0.25, 0.3) is 0 Å². The minimum absolute atomic E-state index is 0.0194. The summed E-state index contributed by atoms with van der Waals surface area (Å²) in [4.78, 5) is 0. The van der Waals surface area contributed by atoms with Gasteiger partial charge in [0, 0.05) is 0 Å². The van der Waals surface area contributed by atoms with Crippen LogP contribution >= 0.6 is 0 Å². The lowest BCUT2D eigenvalue weighted by Crippen LogP contribution is -2.23. The van der Waals surface area contributed by atoms with Crippen LogP contribution in [0, 0.1) is 5.92 Å². The van der Waals surface area contributed by atoms with Crippen LogP contribution in [0.2, 0.25) is 5.31 Å². The zero-order valence-corrected chi connectivity index (χ0v) is 8.98. The highest BCUT2D eigenvalue weighted by Gasteiger charge is 2.24. The molecule has 70 valence electrons. The Bertz CT molecular complexity index is 112. The smallest absolute Gasteiger partial charge is 0.0746 e. The van der Waals surface area contributed by atoms with E-state index >= 15 is 0 Å². The molecule has 0 saturated carbocycles. The molecule has 0 aliphatic carbocycles. The molecule has 1 nitrogen and oxygen atoms in total. The molecule has 12 heavy (non-hydrogen) atoms. The summed E-state index contributed by atoms with van der Waals surface area (Å²) in [6.07, 6.45) is 3.44. The van der Waals surface area contributed by atoms with Gasteiger partial charge in [0.1, 0.15) is 0 Å². The molecule has 0 amide bonds. The molecule has 0 aliphatic rings. The molecule has 0 saturated heterocycles. The zero-order valence-electron chi connectivity index (χ0n) is 8.98. The van der Waals surface area contributed by atoms with Crippen LogP contribution in [0.4, 0.5) is 0 Å². The van der Waals surface area contributed by atoms with Gasteiger partial charge >= 0.3 is 0 Å². The molecule has 2 unspecified atom stereocenters. The molecule has 2 atom stereocenters. The first-order chi connectivity index (χ1) is 5.58. The van der Waals surface area contributed by atoms with Crippen molar-refractivity contribution in [2.24, 2.45) is 5.92 Å². The molecule has 0 fully saturated rings. The minimum atomic E-state index is 0.0194. The van der Waals surface area contributed by atoms with E-state index < -0.39 is 0 Å². The second-order valence-corrected chi connectivity index (χ2v) is 3.86. The maximum atomic E-state index is 6.18. The van der Waals surface area contributed by atoms with Crippen molar-refractivity contribution < 1.29 is 0 Å². The van der Waals surface area contributed by atoms with Gasteiger partial charge in [-0.15, -0.1) is 0 Å². The summed E-state index contributed by atoms with van der Waals surface area (Å²) in [6.45, 7) is 7.63. The molecule has 0 aromatic heterocycles. The predicted molar refractivity (Wildman–Crippen MR) is 56.7 cm³/mol. The Morgan fingerprint density at radius 3 is 2.33 bits per heavy atom. The monoisotopic (exact) mass is 167 g/mol. The predicted octanol–water partition coefficient (Wildman–Crippen LogP) is 2.38. The van der Waals surface area contributed by atoms with Gasteiger partial charge in [0.2, 0.25) is 0 Å². The Hall–Kier alpha value is 0.0249. The normalized spacial score (nSPS) is 18.7. The van der Waals surface area contributed by atoms with Gasteiger partial charge in [0.15, 0.2) is 0 Å². The second-order valence-electron chi connectivity index (χ2n) is 3.86. The van der Waals surface area contributed by atoms with Gasteiger partial charge in [-0.1, -0.05) is 38.9 Å². The van der Waals surface area contributed by atoms with Gasteiger partial charge in [-0.3, -0.25) is 0 Å². The van der Waals surface area contributed by atoms with E-state index in [2.05, 4.69) is 26.1 Å². The van der Waals surface area contributed by atoms with Crippen LogP contribution in [0.3, 0.4) is 0 Å². The van der Waals surface area contributed by atoms with Crippen LogP contribution in [0.1, 0.15) is 40.0 Å². The van der Waals surface area contributed by atoms with Gasteiger partial charge in [-0.05, 0) is 25.9 Å². The zero-order chi connectivity index (χ0) is 9.61. The highest BCUT2D eigenvalue weighted by Crippen LogP contribution is 2.38. The fourth-order valence-corrected chi connectivity index (χ4v) is 1.61. The average Bonchev–Trinajstić information content (AvgIpc) is 2.05. The molecule has 1 N–H and O–H groups in total. The Kier molecular flexibility index (Phi) is 5.64. The third kappa shape index (κ3) is 3.62. The molecule has 0 aliphatic heterocycles. The van der Waals surface area contributed by atoms with E-state index in [9.17, 15) is 0 Å². The van der Waals surface area contributed by atoms with Crippen LogP contribution < -0.4 is 5.32 Å².